The predicted molar refractivity (Wildman–Crippen MR) is 102 cm³/mol. The van der Waals surface area contributed by atoms with E-state index in [-0.39, 0.29) is 22.4 Å². The van der Waals surface area contributed by atoms with E-state index in [1.54, 1.807) is 54.9 Å². The maximum Gasteiger partial charge on any atom is 0.263 e. The summed E-state index contributed by atoms with van der Waals surface area (Å²) in [6.07, 6.45) is 3.33. The van der Waals surface area contributed by atoms with Gasteiger partial charge in [0.05, 0.1) is 11.3 Å². The zero-order valence-corrected chi connectivity index (χ0v) is 14.2. The highest BCUT2D eigenvalue weighted by atomic mass is 19.1. The van der Waals surface area contributed by atoms with E-state index in [0.717, 1.165) is 0 Å². The molecule has 0 spiro atoms. The van der Waals surface area contributed by atoms with Crippen molar-refractivity contribution < 1.29 is 9.50 Å². The van der Waals surface area contributed by atoms with Crippen LogP contribution in [0.25, 0.3) is 28.1 Å². The van der Waals surface area contributed by atoms with Crippen LogP contribution in [0, 0.1) is 5.82 Å². The first kappa shape index (κ1) is 16.7. The second-order valence-electron chi connectivity index (χ2n) is 6.03. The van der Waals surface area contributed by atoms with Gasteiger partial charge >= 0.3 is 0 Å². The number of pyridine rings is 2. The molecule has 2 aromatic carbocycles. The minimum absolute atomic E-state index is 0.0991. The molecule has 4 rings (SSSR count). The highest BCUT2D eigenvalue weighted by molar-refractivity contribution is 5.71. The summed E-state index contributed by atoms with van der Waals surface area (Å²) in [6, 6.07) is 19.6. The molecule has 2 heterocycles. The van der Waals surface area contributed by atoms with E-state index in [9.17, 15) is 14.3 Å². The molecule has 0 amide bonds. The Morgan fingerprint density at radius 3 is 2.33 bits per heavy atom. The fourth-order valence-electron chi connectivity index (χ4n) is 2.93. The van der Waals surface area contributed by atoms with Crippen molar-refractivity contribution >= 4 is 0 Å². The zero-order valence-electron chi connectivity index (χ0n) is 14.2. The van der Waals surface area contributed by atoms with Crippen molar-refractivity contribution in [3.63, 3.8) is 0 Å². The molecule has 0 fully saturated rings. The number of benzene rings is 2. The van der Waals surface area contributed by atoms with Crippen LogP contribution in [-0.4, -0.2) is 14.7 Å². The third kappa shape index (κ3) is 3.22. The molecule has 4 aromatic rings. The van der Waals surface area contributed by atoms with Gasteiger partial charge in [-0.15, -0.1) is 0 Å². The SMILES string of the molecule is O=c1c(-c2ccccc2F)cc(-c2ccccn2)cn1-c1ccc(O)cc1. The Hall–Kier alpha value is -3.73. The molecule has 1 N–H and O–H groups in total. The summed E-state index contributed by atoms with van der Waals surface area (Å²) >= 11 is 0. The van der Waals surface area contributed by atoms with E-state index in [0.29, 0.717) is 16.9 Å². The Kier molecular flexibility index (Phi) is 4.26. The number of phenolic OH excluding ortho intramolecular Hbond substituents is 1. The molecule has 0 aliphatic rings. The number of hydrogen-bond donors (Lipinski definition) is 1. The van der Waals surface area contributed by atoms with Gasteiger partial charge in [0.25, 0.3) is 5.56 Å². The number of halogens is 1. The highest BCUT2D eigenvalue weighted by Crippen LogP contribution is 2.25. The van der Waals surface area contributed by atoms with Crippen LogP contribution >= 0.6 is 0 Å². The molecule has 0 unspecified atom stereocenters. The Morgan fingerprint density at radius 2 is 1.63 bits per heavy atom. The van der Waals surface area contributed by atoms with Gasteiger partial charge in [-0.1, -0.05) is 24.3 Å². The molecule has 0 bridgehead atoms. The average molecular weight is 358 g/mol. The second-order valence-corrected chi connectivity index (χ2v) is 6.03. The standard InChI is InChI=1S/C22H15FN2O2/c23-20-6-2-1-5-18(20)19-13-15(21-7-3-4-12-24-21)14-25(22(19)27)16-8-10-17(26)11-9-16/h1-14,26H. The number of aromatic nitrogens is 2. The minimum Gasteiger partial charge on any atom is -0.508 e. The van der Waals surface area contributed by atoms with Gasteiger partial charge in [0, 0.05) is 29.2 Å². The van der Waals surface area contributed by atoms with Crippen LogP contribution < -0.4 is 5.56 Å². The van der Waals surface area contributed by atoms with E-state index >= 15 is 0 Å². The van der Waals surface area contributed by atoms with E-state index in [4.69, 9.17) is 0 Å². The van der Waals surface area contributed by atoms with Crippen LogP contribution in [0.15, 0.2) is 90.0 Å². The van der Waals surface area contributed by atoms with Gasteiger partial charge in [-0.05, 0) is 48.5 Å². The topological polar surface area (TPSA) is 55.1 Å². The maximum atomic E-state index is 14.4. The summed E-state index contributed by atoms with van der Waals surface area (Å²) in [5.41, 5.74) is 2.03. The number of hydrogen-bond acceptors (Lipinski definition) is 3. The first-order chi connectivity index (χ1) is 13.1. The molecule has 2 aromatic heterocycles. The fraction of sp³-hybridized carbons (Fsp3) is 0. The van der Waals surface area contributed by atoms with Crippen LogP contribution in [0.4, 0.5) is 4.39 Å². The van der Waals surface area contributed by atoms with E-state index < -0.39 is 5.82 Å². The first-order valence-electron chi connectivity index (χ1n) is 8.36. The third-order valence-corrected chi connectivity index (χ3v) is 4.27. The Balaban J connectivity index is 2.01. The van der Waals surface area contributed by atoms with Crippen LogP contribution in [0.5, 0.6) is 5.75 Å². The van der Waals surface area contributed by atoms with Gasteiger partial charge in [-0.3, -0.25) is 14.3 Å². The molecule has 0 aliphatic carbocycles. The van der Waals surface area contributed by atoms with E-state index in [1.165, 1.54) is 22.8 Å². The largest absolute Gasteiger partial charge is 0.508 e. The van der Waals surface area contributed by atoms with Crippen molar-refractivity contribution in [2.24, 2.45) is 0 Å². The second kappa shape index (κ2) is 6.88. The summed E-state index contributed by atoms with van der Waals surface area (Å²) in [6.45, 7) is 0. The van der Waals surface area contributed by atoms with Crippen molar-refractivity contribution in [3.05, 3.63) is 101 Å². The van der Waals surface area contributed by atoms with Gasteiger partial charge in [-0.25, -0.2) is 4.39 Å². The van der Waals surface area contributed by atoms with Gasteiger partial charge < -0.3 is 5.11 Å². The van der Waals surface area contributed by atoms with Crippen LogP contribution in [0.3, 0.4) is 0 Å². The summed E-state index contributed by atoms with van der Waals surface area (Å²) in [7, 11) is 0. The quantitative estimate of drug-likeness (QED) is 0.590. The summed E-state index contributed by atoms with van der Waals surface area (Å²) in [5.74, 6) is -0.368. The molecule has 0 saturated heterocycles. The summed E-state index contributed by atoms with van der Waals surface area (Å²) < 4.78 is 15.8. The van der Waals surface area contributed by atoms with Gasteiger partial charge in [0.2, 0.25) is 0 Å². The molecule has 5 heteroatoms. The van der Waals surface area contributed by atoms with Gasteiger partial charge in [-0.2, -0.15) is 0 Å². The first-order valence-corrected chi connectivity index (χ1v) is 8.36. The summed E-state index contributed by atoms with van der Waals surface area (Å²) in [5, 5.41) is 9.53. The summed E-state index contributed by atoms with van der Waals surface area (Å²) in [4.78, 5) is 17.4. The normalized spacial score (nSPS) is 10.7. The van der Waals surface area contributed by atoms with Gasteiger partial charge in [0.1, 0.15) is 11.6 Å². The van der Waals surface area contributed by atoms with Crippen molar-refractivity contribution in [3.8, 4) is 33.8 Å². The van der Waals surface area contributed by atoms with E-state index in [1.807, 2.05) is 12.1 Å². The molecular formula is C22H15FN2O2. The molecule has 4 nitrogen and oxygen atoms in total. The number of nitrogens with zero attached hydrogens (tertiary/aromatic N) is 2. The number of aromatic hydroxyl groups is 1. The molecule has 0 radical (unpaired) electrons. The highest BCUT2D eigenvalue weighted by Gasteiger charge is 2.14. The molecule has 0 saturated carbocycles. The van der Waals surface area contributed by atoms with E-state index in [2.05, 4.69) is 4.98 Å². The lowest BCUT2D eigenvalue weighted by Gasteiger charge is -2.12. The Bertz CT molecular complexity index is 1150. The molecule has 27 heavy (non-hydrogen) atoms. The Morgan fingerprint density at radius 1 is 0.889 bits per heavy atom. The Labute approximate surface area is 154 Å². The minimum atomic E-state index is -0.468. The number of rotatable bonds is 3. The van der Waals surface area contributed by atoms with Crippen LogP contribution in [0.1, 0.15) is 0 Å². The van der Waals surface area contributed by atoms with Crippen molar-refractivity contribution in [2.75, 3.05) is 0 Å². The molecule has 0 aliphatic heterocycles. The zero-order chi connectivity index (χ0) is 18.8. The van der Waals surface area contributed by atoms with Crippen molar-refractivity contribution in [1.82, 2.24) is 9.55 Å². The fourth-order valence-corrected chi connectivity index (χ4v) is 2.93. The molecule has 0 atom stereocenters. The monoisotopic (exact) mass is 358 g/mol. The van der Waals surface area contributed by atoms with Crippen LogP contribution in [0.2, 0.25) is 0 Å². The van der Waals surface area contributed by atoms with Crippen molar-refractivity contribution in [2.45, 2.75) is 0 Å². The maximum absolute atomic E-state index is 14.4. The lowest BCUT2D eigenvalue weighted by atomic mass is 10.0. The lowest BCUT2D eigenvalue weighted by molar-refractivity contribution is 0.475. The smallest absolute Gasteiger partial charge is 0.263 e. The predicted octanol–water partition coefficient (Wildman–Crippen LogP) is 4.41. The lowest BCUT2D eigenvalue weighted by Crippen LogP contribution is -2.20. The number of phenols is 1. The van der Waals surface area contributed by atoms with Gasteiger partial charge in [0.15, 0.2) is 0 Å². The molecule has 132 valence electrons. The molecular weight excluding hydrogens is 343 g/mol. The third-order valence-electron chi connectivity index (χ3n) is 4.27. The van der Waals surface area contributed by atoms with Crippen molar-refractivity contribution in [1.29, 1.82) is 0 Å². The average Bonchev–Trinajstić information content (AvgIpc) is 2.70. The van der Waals surface area contributed by atoms with Crippen LogP contribution in [-0.2, 0) is 0 Å².